The van der Waals surface area contributed by atoms with E-state index in [-0.39, 0.29) is 24.6 Å². The third kappa shape index (κ3) is 3.26. The number of fused-ring (bicyclic) bond motifs is 4. The minimum atomic E-state index is -0.206. The molecule has 0 saturated heterocycles. The molecular weight excluding hydrogens is 394 g/mol. The van der Waals surface area contributed by atoms with Crippen LogP contribution in [-0.4, -0.2) is 41.1 Å². The minimum absolute atomic E-state index is 0.112. The summed E-state index contributed by atoms with van der Waals surface area (Å²) >= 11 is 0. The van der Waals surface area contributed by atoms with Gasteiger partial charge in [0, 0.05) is 24.8 Å². The van der Waals surface area contributed by atoms with Gasteiger partial charge in [0.2, 0.25) is 6.79 Å². The number of nitrogens with zero attached hydrogens (tertiary/aromatic N) is 2. The summed E-state index contributed by atoms with van der Waals surface area (Å²) in [6, 6.07) is 11.0. The van der Waals surface area contributed by atoms with Gasteiger partial charge in [0.15, 0.2) is 11.5 Å². The Labute approximate surface area is 180 Å². The smallest absolute Gasteiger partial charge is 0.261 e. The van der Waals surface area contributed by atoms with Crippen molar-refractivity contribution in [3.05, 3.63) is 59.3 Å². The predicted octanol–water partition coefficient (Wildman–Crippen LogP) is 4.15. The minimum Gasteiger partial charge on any atom is -0.453 e. The molecule has 1 N–H and O–H groups in total. The monoisotopic (exact) mass is 417 g/mol. The molecule has 31 heavy (non-hydrogen) atoms. The van der Waals surface area contributed by atoms with Crippen LogP contribution in [0.5, 0.6) is 11.5 Å². The van der Waals surface area contributed by atoms with Crippen molar-refractivity contribution in [3.63, 3.8) is 0 Å². The van der Waals surface area contributed by atoms with Crippen LogP contribution in [0.4, 0.5) is 5.69 Å². The fourth-order valence-corrected chi connectivity index (χ4v) is 4.29. The second-order valence-electron chi connectivity index (χ2n) is 8.00. The lowest BCUT2D eigenvalue weighted by atomic mass is 10.1. The number of benzene rings is 2. The molecule has 5 rings (SSSR count). The number of aryl methyl sites for hydroxylation is 1. The Bertz CT molecular complexity index is 1170. The zero-order valence-corrected chi connectivity index (χ0v) is 17.5. The Hall–Kier alpha value is -3.61. The molecule has 7 nitrogen and oxygen atoms in total. The molecule has 1 atom stereocenters. The van der Waals surface area contributed by atoms with Gasteiger partial charge >= 0.3 is 0 Å². The van der Waals surface area contributed by atoms with Gasteiger partial charge in [0.25, 0.3) is 11.8 Å². The number of hydrogen-bond acceptors (Lipinski definition) is 6. The highest BCUT2D eigenvalue weighted by atomic mass is 16.7. The fraction of sp³-hybridized carbons (Fsp3) is 0.292. The Morgan fingerprint density at radius 2 is 1.87 bits per heavy atom. The maximum Gasteiger partial charge on any atom is 0.261 e. The van der Waals surface area contributed by atoms with Gasteiger partial charge in [-0.2, -0.15) is 0 Å². The standard InChI is InChI=1S/C24H23N3O4/c1-14-9-10-25-21-18(12-19-22(20(14)21)31-13-30-19)26-15(2)6-5-11-27-23(28)16-7-3-4-8-17(16)24(27)29/h3-4,7-10,12,15,26H,5-6,11,13H2,1-2H3. The SMILES string of the molecule is Cc1ccnc2c(NC(C)CCCN3C(=O)c4ccccc4C3=O)cc3c(c12)OCO3. The van der Waals surface area contributed by atoms with E-state index in [1.54, 1.807) is 30.5 Å². The van der Waals surface area contributed by atoms with E-state index in [2.05, 4.69) is 17.2 Å². The van der Waals surface area contributed by atoms with Crippen molar-refractivity contribution in [1.82, 2.24) is 9.88 Å². The number of aromatic nitrogens is 1. The van der Waals surface area contributed by atoms with Gasteiger partial charge in [-0.05, 0) is 50.5 Å². The maximum absolute atomic E-state index is 12.5. The molecule has 0 spiro atoms. The molecule has 1 unspecified atom stereocenters. The van der Waals surface area contributed by atoms with E-state index in [4.69, 9.17) is 9.47 Å². The molecular formula is C24H23N3O4. The van der Waals surface area contributed by atoms with Gasteiger partial charge < -0.3 is 14.8 Å². The van der Waals surface area contributed by atoms with E-state index < -0.39 is 0 Å². The van der Waals surface area contributed by atoms with E-state index in [1.165, 1.54) is 4.90 Å². The number of rotatable bonds is 6. The zero-order valence-electron chi connectivity index (χ0n) is 17.5. The molecule has 2 aromatic carbocycles. The largest absolute Gasteiger partial charge is 0.453 e. The van der Waals surface area contributed by atoms with Crippen molar-refractivity contribution in [3.8, 4) is 11.5 Å². The van der Waals surface area contributed by atoms with E-state index in [0.717, 1.165) is 34.3 Å². The third-order valence-electron chi connectivity index (χ3n) is 5.86. The first-order valence-corrected chi connectivity index (χ1v) is 10.4. The van der Waals surface area contributed by atoms with Crippen LogP contribution < -0.4 is 14.8 Å². The zero-order chi connectivity index (χ0) is 21.5. The number of imide groups is 1. The summed E-state index contributed by atoms with van der Waals surface area (Å²) in [5.74, 6) is 1.04. The average molecular weight is 417 g/mol. The van der Waals surface area contributed by atoms with Crippen molar-refractivity contribution in [1.29, 1.82) is 0 Å². The first kappa shape index (κ1) is 19.4. The first-order valence-electron chi connectivity index (χ1n) is 10.4. The number of carbonyl (C=O) groups excluding carboxylic acids is 2. The number of carbonyl (C=O) groups is 2. The molecule has 7 heteroatoms. The van der Waals surface area contributed by atoms with Crippen molar-refractivity contribution >= 4 is 28.4 Å². The van der Waals surface area contributed by atoms with Crippen molar-refractivity contribution in [2.24, 2.45) is 0 Å². The van der Waals surface area contributed by atoms with Crippen LogP contribution in [0.15, 0.2) is 42.6 Å². The van der Waals surface area contributed by atoms with E-state index >= 15 is 0 Å². The van der Waals surface area contributed by atoms with Gasteiger partial charge in [-0.3, -0.25) is 19.5 Å². The summed E-state index contributed by atoms with van der Waals surface area (Å²) in [5.41, 5.74) is 3.79. The van der Waals surface area contributed by atoms with Crippen LogP contribution >= 0.6 is 0 Å². The molecule has 3 aromatic rings. The van der Waals surface area contributed by atoms with E-state index in [0.29, 0.717) is 29.8 Å². The summed E-state index contributed by atoms with van der Waals surface area (Å²) in [5, 5.41) is 4.48. The van der Waals surface area contributed by atoms with Gasteiger partial charge in [-0.25, -0.2) is 0 Å². The average Bonchev–Trinajstić information content (AvgIpc) is 3.32. The van der Waals surface area contributed by atoms with E-state index in [1.807, 2.05) is 19.1 Å². The van der Waals surface area contributed by atoms with Crippen molar-refractivity contribution in [2.75, 3.05) is 18.7 Å². The second kappa shape index (κ2) is 7.58. The number of pyridine rings is 1. The first-order chi connectivity index (χ1) is 15.0. The fourth-order valence-electron chi connectivity index (χ4n) is 4.29. The lowest BCUT2D eigenvalue weighted by molar-refractivity contribution is 0.0651. The summed E-state index contributed by atoms with van der Waals surface area (Å²) in [6.45, 7) is 4.71. The lowest BCUT2D eigenvalue weighted by Gasteiger charge is -2.19. The number of nitrogens with one attached hydrogen (secondary N) is 1. The predicted molar refractivity (Wildman–Crippen MR) is 117 cm³/mol. The molecule has 1 aromatic heterocycles. The third-order valence-corrected chi connectivity index (χ3v) is 5.86. The van der Waals surface area contributed by atoms with Crippen LogP contribution in [-0.2, 0) is 0 Å². The molecule has 0 saturated carbocycles. The summed E-state index contributed by atoms with van der Waals surface area (Å²) in [7, 11) is 0. The number of hydrogen-bond donors (Lipinski definition) is 1. The van der Waals surface area contributed by atoms with Gasteiger partial charge in [-0.1, -0.05) is 12.1 Å². The van der Waals surface area contributed by atoms with Gasteiger partial charge in [0.1, 0.15) is 0 Å². The Balaban J connectivity index is 1.27. The Morgan fingerprint density at radius 3 is 2.61 bits per heavy atom. The number of amides is 2. The summed E-state index contributed by atoms with van der Waals surface area (Å²) in [4.78, 5) is 30.9. The number of ether oxygens (including phenoxy) is 2. The molecule has 0 fully saturated rings. The molecule has 2 aliphatic heterocycles. The maximum atomic E-state index is 12.5. The summed E-state index contributed by atoms with van der Waals surface area (Å²) < 4.78 is 11.3. The van der Waals surface area contributed by atoms with Crippen LogP contribution in [0.1, 0.15) is 46.0 Å². The van der Waals surface area contributed by atoms with Crippen LogP contribution in [0, 0.1) is 6.92 Å². The molecule has 0 radical (unpaired) electrons. The van der Waals surface area contributed by atoms with Crippen molar-refractivity contribution in [2.45, 2.75) is 32.7 Å². The Kier molecular flexibility index (Phi) is 4.73. The highest BCUT2D eigenvalue weighted by Gasteiger charge is 2.34. The topological polar surface area (TPSA) is 80.8 Å². The van der Waals surface area contributed by atoms with Gasteiger partial charge in [0.05, 0.1) is 27.7 Å². The Morgan fingerprint density at radius 1 is 1.13 bits per heavy atom. The van der Waals surface area contributed by atoms with Gasteiger partial charge in [-0.15, -0.1) is 0 Å². The van der Waals surface area contributed by atoms with E-state index in [9.17, 15) is 9.59 Å². The van der Waals surface area contributed by atoms with Crippen LogP contribution in [0.25, 0.3) is 10.9 Å². The molecule has 0 aliphatic carbocycles. The van der Waals surface area contributed by atoms with Crippen LogP contribution in [0.3, 0.4) is 0 Å². The number of anilines is 1. The molecule has 0 bridgehead atoms. The molecule has 2 amide bonds. The van der Waals surface area contributed by atoms with Crippen molar-refractivity contribution < 1.29 is 19.1 Å². The quantitative estimate of drug-likeness (QED) is 0.607. The molecule has 2 aliphatic rings. The highest BCUT2D eigenvalue weighted by Crippen LogP contribution is 2.43. The molecule has 3 heterocycles. The molecule has 158 valence electrons. The summed E-state index contributed by atoms with van der Waals surface area (Å²) in [6.07, 6.45) is 3.28. The highest BCUT2D eigenvalue weighted by molar-refractivity contribution is 6.21. The lowest BCUT2D eigenvalue weighted by Crippen LogP contribution is -2.31. The normalized spacial score (nSPS) is 15.5. The van der Waals surface area contributed by atoms with Crippen LogP contribution in [0.2, 0.25) is 0 Å². The second-order valence-corrected chi connectivity index (χ2v) is 8.00.